The number of methoxy groups -OCH3 is 1. The van der Waals surface area contributed by atoms with Crippen LogP contribution in [0.4, 0.5) is 5.69 Å². The van der Waals surface area contributed by atoms with Crippen LogP contribution >= 0.6 is 0 Å². The summed E-state index contributed by atoms with van der Waals surface area (Å²) in [5.74, 6) is -0.371. The zero-order valence-corrected chi connectivity index (χ0v) is 13.0. The minimum atomic E-state index is -0.609. The number of ether oxygens (including phenoxy) is 2. The fraction of sp³-hybridized carbons (Fsp3) is 0.562. The number of carbonyl (C=O) groups excluding carboxylic acids is 1. The van der Waals surface area contributed by atoms with E-state index in [1.165, 1.54) is 23.9 Å². The van der Waals surface area contributed by atoms with Crippen LogP contribution in [0.25, 0.3) is 0 Å². The predicted molar refractivity (Wildman–Crippen MR) is 82.6 cm³/mol. The normalized spacial score (nSPS) is 16.7. The first-order chi connectivity index (χ1) is 10.0. The number of hydrogen-bond donors (Lipinski definition) is 1. The van der Waals surface area contributed by atoms with Gasteiger partial charge >= 0.3 is 5.97 Å². The van der Waals surface area contributed by atoms with E-state index in [9.17, 15) is 4.79 Å². The molecule has 1 atom stereocenters. The second kappa shape index (κ2) is 6.91. The third kappa shape index (κ3) is 3.54. The summed E-state index contributed by atoms with van der Waals surface area (Å²) in [5, 5.41) is 0. The highest BCUT2D eigenvalue weighted by atomic mass is 16.5. The number of esters is 1. The first-order valence-corrected chi connectivity index (χ1v) is 7.29. The van der Waals surface area contributed by atoms with Crippen LogP contribution in [0.1, 0.15) is 16.7 Å². The summed E-state index contributed by atoms with van der Waals surface area (Å²) < 4.78 is 10.1. The van der Waals surface area contributed by atoms with Gasteiger partial charge < -0.3 is 20.1 Å². The van der Waals surface area contributed by atoms with Gasteiger partial charge in [-0.1, -0.05) is 6.07 Å². The molecule has 0 bridgehead atoms. The maximum atomic E-state index is 11.5. The van der Waals surface area contributed by atoms with E-state index in [4.69, 9.17) is 10.5 Å². The van der Waals surface area contributed by atoms with Gasteiger partial charge in [-0.2, -0.15) is 0 Å². The van der Waals surface area contributed by atoms with Crippen LogP contribution in [0.5, 0.6) is 0 Å². The fourth-order valence-corrected chi connectivity index (χ4v) is 2.70. The van der Waals surface area contributed by atoms with E-state index < -0.39 is 6.04 Å². The Morgan fingerprint density at radius 2 is 2.00 bits per heavy atom. The van der Waals surface area contributed by atoms with Crippen molar-refractivity contribution in [2.45, 2.75) is 26.3 Å². The Balaban J connectivity index is 2.18. The van der Waals surface area contributed by atoms with Gasteiger partial charge in [0.1, 0.15) is 6.04 Å². The molecule has 1 aromatic carbocycles. The molecule has 1 heterocycles. The lowest BCUT2D eigenvalue weighted by atomic mass is 9.96. The maximum absolute atomic E-state index is 11.5. The van der Waals surface area contributed by atoms with E-state index >= 15 is 0 Å². The van der Waals surface area contributed by atoms with E-state index in [0.717, 1.165) is 31.9 Å². The van der Waals surface area contributed by atoms with E-state index in [2.05, 4.69) is 35.6 Å². The lowest BCUT2D eigenvalue weighted by Crippen LogP contribution is -2.37. The number of rotatable bonds is 4. The number of hydrogen-bond acceptors (Lipinski definition) is 5. The van der Waals surface area contributed by atoms with E-state index in [1.807, 2.05) is 0 Å². The number of nitrogens with zero attached hydrogens (tertiary/aromatic N) is 1. The van der Waals surface area contributed by atoms with Crippen LogP contribution in [-0.4, -0.2) is 45.4 Å². The second-order valence-electron chi connectivity index (χ2n) is 5.43. The van der Waals surface area contributed by atoms with E-state index in [-0.39, 0.29) is 5.97 Å². The van der Waals surface area contributed by atoms with Gasteiger partial charge in [0.2, 0.25) is 0 Å². The van der Waals surface area contributed by atoms with Gasteiger partial charge in [0, 0.05) is 18.8 Å². The molecule has 116 valence electrons. The Morgan fingerprint density at radius 3 is 2.62 bits per heavy atom. The molecular formula is C16H24N2O3. The average Bonchev–Trinajstić information content (AvgIpc) is 2.52. The van der Waals surface area contributed by atoms with Crippen LogP contribution in [-0.2, 0) is 20.7 Å². The third-order valence-corrected chi connectivity index (χ3v) is 4.17. The molecule has 1 unspecified atom stereocenters. The summed E-state index contributed by atoms with van der Waals surface area (Å²) in [7, 11) is 1.36. The summed E-state index contributed by atoms with van der Waals surface area (Å²) in [6.45, 7) is 7.58. The topological polar surface area (TPSA) is 64.8 Å². The minimum Gasteiger partial charge on any atom is -0.468 e. The average molecular weight is 292 g/mol. The first kappa shape index (κ1) is 15.8. The molecule has 5 nitrogen and oxygen atoms in total. The van der Waals surface area contributed by atoms with Crippen LogP contribution in [0, 0.1) is 13.8 Å². The molecule has 1 aliphatic heterocycles. The summed E-state index contributed by atoms with van der Waals surface area (Å²) in [4.78, 5) is 13.8. The van der Waals surface area contributed by atoms with Gasteiger partial charge in [0.15, 0.2) is 0 Å². The van der Waals surface area contributed by atoms with Crippen molar-refractivity contribution in [1.29, 1.82) is 0 Å². The lowest BCUT2D eigenvalue weighted by Gasteiger charge is -2.31. The summed E-state index contributed by atoms with van der Waals surface area (Å²) >= 11 is 0. The van der Waals surface area contributed by atoms with Crippen molar-refractivity contribution in [3.05, 3.63) is 28.8 Å². The van der Waals surface area contributed by atoms with Crippen molar-refractivity contribution >= 4 is 11.7 Å². The molecule has 2 rings (SSSR count). The van der Waals surface area contributed by atoms with Crippen molar-refractivity contribution in [3.63, 3.8) is 0 Å². The molecule has 0 amide bonds. The van der Waals surface area contributed by atoms with Crippen LogP contribution < -0.4 is 10.6 Å². The van der Waals surface area contributed by atoms with Gasteiger partial charge in [0.25, 0.3) is 0 Å². The molecule has 1 saturated heterocycles. The molecule has 0 saturated carbocycles. The molecule has 2 N–H and O–H groups in total. The monoisotopic (exact) mass is 292 g/mol. The fourth-order valence-electron chi connectivity index (χ4n) is 2.70. The standard InChI is InChI=1S/C16H24N2O3/c1-11-12(2)15(18-6-8-21-9-7-18)5-4-13(11)10-14(17)16(19)20-3/h4-5,14H,6-10,17H2,1-3H3. The Hall–Kier alpha value is -1.59. The Bertz CT molecular complexity index is 510. The van der Waals surface area contributed by atoms with Crippen molar-refractivity contribution in [2.24, 2.45) is 5.73 Å². The maximum Gasteiger partial charge on any atom is 0.322 e. The second-order valence-corrected chi connectivity index (χ2v) is 5.43. The molecular weight excluding hydrogens is 268 g/mol. The summed E-state index contributed by atoms with van der Waals surface area (Å²) in [5.41, 5.74) is 10.6. The first-order valence-electron chi connectivity index (χ1n) is 7.29. The molecule has 0 radical (unpaired) electrons. The van der Waals surface area contributed by atoms with Crippen molar-refractivity contribution < 1.29 is 14.3 Å². The van der Waals surface area contributed by atoms with Gasteiger partial charge in [-0.3, -0.25) is 4.79 Å². The molecule has 21 heavy (non-hydrogen) atoms. The highest BCUT2D eigenvalue weighted by Gasteiger charge is 2.19. The molecule has 1 fully saturated rings. The zero-order chi connectivity index (χ0) is 15.4. The van der Waals surface area contributed by atoms with Gasteiger partial charge in [0.05, 0.1) is 20.3 Å². The highest BCUT2D eigenvalue weighted by Crippen LogP contribution is 2.27. The molecule has 5 heteroatoms. The summed E-state index contributed by atoms with van der Waals surface area (Å²) in [6, 6.07) is 3.57. The molecule has 1 aliphatic rings. The number of carbonyl (C=O) groups is 1. The predicted octanol–water partition coefficient (Wildman–Crippen LogP) is 1.18. The molecule has 0 aromatic heterocycles. The third-order valence-electron chi connectivity index (χ3n) is 4.17. The Morgan fingerprint density at radius 1 is 1.33 bits per heavy atom. The van der Waals surface area contributed by atoms with Gasteiger partial charge in [-0.15, -0.1) is 0 Å². The molecule has 0 spiro atoms. The van der Waals surface area contributed by atoms with Crippen molar-refractivity contribution in [3.8, 4) is 0 Å². The number of anilines is 1. The molecule has 0 aliphatic carbocycles. The van der Waals surface area contributed by atoms with E-state index in [0.29, 0.717) is 6.42 Å². The van der Waals surface area contributed by atoms with E-state index in [1.54, 1.807) is 0 Å². The number of benzene rings is 1. The van der Waals surface area contributed by atoms with Crippen LogP contribution in [0.2, 0.25) is 0 Å². The number of nitrogens with two attached hydrogens (primary N) is 1. The minimum absolute atomic E-state index is 0.371. The van der Waals surface area contributed by atoms with Crippen LogP contribution in [0.15, 0.2) is 12.1 Å². The van der Waals surface area contributed by atoms with Crippen molar-refractivity contribution in [1.82, 2.24) is 0 Å². The quantitative estimate of drug-likeness (QED) is 0.844. The largest absolute Gasteiger partial charge is 0.468 e. The van der Waals surface area contributed by atoms with Crippen LogP contribution in [0.3, 0.4) is 0 Å². The number of morpholine rings is 1. The van der Waals surface area contributed by atoms with Gasteiger partial charge in [-0.25, -0.2) is 0 Å². The molecule has 1 aromatic rings. The van der Waals surface area contributed by atoms with Gasteiger partial charge in [-0.05, 0) is 43.0 Å². The summed E-state index contributed by atoms with van der Waals surface area (Å²) in [6.07, 6.45) is 0.503. The zero-order valence-electron chi connectivity index (χ0n) is 13.0. The SMILES string of the molecule is COC(=O)C(N)Cc1ccc(N2CCOCC2)c(C)c1C. The van der Waals surface area contributed by atoms with Crippen molar-refractivity contribution in [2.75, 3.05) is 38.3 Å². The lowest BCUT2D eigenvalue weighted by molar-refractivity contribution is -0.142. The smallest absolute Gasteiger partial charge is 0.322 e. The highest BCUT2D eigenvalue weighted by molar-refractivity contribution is 5.76. The Kier molecular flexibility index (Phi) is 5.20. The Labute approximate surface area is 126 Å².